The van der Waals surface area contributed by atoms with E-state index in [9.17, 15) is 13.2 Å². The third-order valence-electron chi connectivity index (χ3n) is 5.99. The van der Waals surface area contributed by atoms with Gasteiger partial charge in [-0.05, 0) is 56.1 Å². The Balaban J connectivity index is 1.68. The van der Waals surface area contributed by atoms with Crippen LogP contribution in [0.3, 0.4) is 0 Å². The Bertz CT molecular complexity index is 1180. The summed E-state index contributed by atoms with van der Waals surface area (Å²) < 4.78 is 50.6. The van der Waals surface area contributed by atoms with Crippen LogP contribution in [0.15, 0.2) is 24.3 Å². The van der Waals surface area contributed by atoms with Gasteiger partial charge in [0.15, 0.2) is 16.6 Å². The molecule has 0 amide bonds. The maximum atomic E-state index is 14.0. The Morgan fingerprint density at radius 1 is 1.21 bits per heavy atom. The SMILES string of the molecule is CCOCCCn1c(-c2cc3n(n2)C(C(F)(F)F)CC(c2ccc(C)c(C)c2)N3)n[nH]c1=S. The van der Waals surface area contributed by atoms with Gasteiger partial charge in [-0.2, -0.15) is 23.4 Å². The van der Waals surface area contributed by atoms with Crippen LogP contribution in [-0.2, 0) is 11.3 Å². The maximum Gasteiger partial charge on any atom is 0.410 e. The van der Waals surface area contributed by atoms with Gasteiger partial charge in [-0.1, -0.05) is 18.2 Å². The number of aromatic nitrogens is 5. The predicted octanol–water partition coefficient (Wildman–Crippen LogP) is 5.51. The highest BCUT2D eigenvalue weighted by molar-refractivity contribution is 7.71. The Morgan fingerprint density at radius 3 is 2.70 bits per heavy atom. The first-order valence-electron chi connectivity index (χ1n) is 10.9. The van der Waals surface area contributed by atoms with E-state index < -0.39 is 18.3 Å². The smallest absolute Gasteiger partial charge is 0.382 e. The van der Waals surface area contributed by atoms with Crippen molar-refractivity contribution in [3.05, 3.63) is 45.7 Å². The number of alkyl halides is 3. The van der Waals surface area contributed by atoms with Crippen LogP contribution in [0, 0.1) is 18.6 Å². The number of fused-ring (bicyclic) bond motifs is 1. The maximum absolute atomic E-state index is 14.0. The molecule has 33 heavy (non-hydrogen) atoms. The molecule has 2 N–H and O–H groups in total. The molecule has 1 aromatic carbocycles. The first-order valence-corrected chi connectivity index (χ1v) is 11.3. The number of halogens is 3. The summed E-state index contributed by atoms with van der Waals surface area (Å²) in [5.74, 6) is 0.709. The summed E-state index contributed by atoms with van der Waals surface area (Å²) >= 11 is 5.32. The Kier molecular flexibility index (Phi) is 6.62. The molecule has 0 saturated heterocycles. The van der Waals surface area contributed by atoms with E-state index in [1.54, 1.807) is 10.6 Å². The van der Waals surface area contributed by atoms with Gasteiger partial charge in [0.2, 0.25) is 0 Å². The second-order valence-corrected chi connectivity index (χ2v) is 8.63. The molecule has 2 atom stereocenters. The molecule has 4 rings (SSSR count). The number of anilines is 1. The number of aryl methyl sites for hydroxylation is 2. The van der Waals surface area contributed by atoms with Crippen LogP contribution in [-0.4, -0.2) is 43.9 Å². The van der Waals surface area contributed by atoms with Gasteiger partial charge in [-0.25, -0.2) is 4.68 Å². The van der Waals surface area contributed by atoms with Crippen molar-refractivity contribution in [1.29, 1.82) is 0 Å². The summed E-state index contributed by atoms with van der Waals surface area (Å²) in [7, 11) is 0. The van der Waals surface area contributed by atoms with Crippen molar-refractivity contribution in [2.45, 2.75) is 58.4 Å². The lowest BCUT2D eigenvalue weighted by atomic mass is 9.94. The Morgan fingerprint density at radius 2 is 2.00 bits per heavy atom. The van der Waals surface area contributed by atoms with Gasteiger partial charge in [0, 0.05) is 32.2 Å². The van der Waals surface area contributed by atoms with Crippen LogP contribution in [0.1, 0.15) is 48.5 Å². The summed E-state index contributed by atoms with van der Waals surface area (Å²) in [6.07, 6.45) is -3.90. The van der Waals surface area contributed by atoms with Crippen LogP contribution in [0.2, 0.25) is 0 Å². The van der Waals surface area contributed by atoms with Gasteiger partial charge in [0.05, 0.1) is 6.04 Å². The monoisotopic (exact) mass is 480 g/mol. The molecule has 0 aliphatic carbocycles. The number of hydrogen-bond acceptors (Lipinski definition) is 5. The van der Waals surface area contributed by atoms with Gasteiger partial charge in [-0.15, -0.1) is 0 Å². The molecule has 11 heteroatoms. The average Bonchev–Trinajstić information content (AvgIpc) is 3.35. The summed E-state index contributed by atoms with van der Waals surface area (Å²) in [6.45, 7) is 7.54. The summed E-state index contributed by atoms with van der Waals surface area (Å²) in [6, 6.07) is 5.13. The molecule has 3 heterocycles. The summed E-state index contributed by atoms with van der Waals surface area (Å²) in [5, 5.41) is 14.5. The van der Waals surface area contributed by atoms with Crippen LogP contribution in [0.4, 0.5) is 19.0 Å². The highest BCUT2D eigenvalue weighted by Gasteiger charge is 2.46. The summed E-state index contributed by atoms with van der Waals surface area (Å²) in [5.41, 5.74) is 3.29. The number of benzene rings is 1. The molecule has 1 aliphatic rings. The number of hydrogen-bond donors (Lipinski definition) is 2. The van der Waals surface area contributed by atoms with Gasteiger partial charge in [0.25, 0.3) is 0 Å². The second kappa shape index (κ2) is 9.30. The van der Waals surface area contributed by atoms with Crippen molar-refractivity contribution in [2.75, 3.05) is 18.5 Å². The zero-order valence-corrected chi connectivity index (χ0v) is 19.6. The largest absolute Gasteiger partial charge is 0.410 e. The van der Waals surface area contributed by atoms with Crippen molar-refractivity contribution >= 4 is 18.0 Å². The normalized spacial score (nSPS) is 18.2. The lowest BCUT2D eigenvalue weighted by molar-refractivity contribution is -0.173. The molecule has 0 saturated carbocycles. The first kappa shape index (κ1) is 23.5. The van der Waals surface area contributed by atoms with Gasteiger partial charge in [-0.3, -0.25) is 9.67 Å². The van der Waals surface area contributed by atoms with Crippen molar-refractivity contribution < 1.29 is 17.9 Å². The highest BCUT2D eigenvalue weighted by Crippen LogP contribution is 2.44. The Labute approximate surface area is 195 Å². The number of ether oxygens (including phenoxy) is 1. The summed E-state index contributed by atoms with van der Waals surface area (Å²) in [4.78, 5) is 0. The molecule has 1 aliphatic heterocycles. The minimum atomic E-state index is -4.44. The topological polar surface area (TPSA) is 72.7 Å². The van der Waals surface area contributed by atoms with Crippen LogP contribution in [0.5, 0.6) is 0 Å². The van der Waals surface area contributed by atoms with Crippen LogP contribution < -0.4 is 5.32 Å². The zero-order chi connectivity index (χ0) is 23.8. The van der Waals surface area contributed by atoms with E-state index in [4.69, 9.17) is 17.0 Å². The van der Waals surface area contributed by atoms with Crippen molar-refractivity contribution in [2.24, 2.45) is 0 Å². The molecule has 7 nitrogen and oxygen atoms in total. The minimum Gasteiger partial charge on any atom is -0.382 e. The lowest BCUT2D eigenvalue weighted by Gasteiger charge is -2.33. The van der Waals surface area contributed by atoms with E-state index in [-0.39, 0.29) is 6.42 Å². The molecule has 0 fully saturated rings. The van der Waals surface area contributed by atoms with E-state index in [1.807, 2.05) is 39.0 Å². The molecule has 0 spiro atoms. The minimum absolute atomic E-state index is 0.151. The molecule has 0 radical (unpaired) electrons. The number of nitrogens with one attached hydrogen (secondary N) is 2. The van der Waals surface area contributed by atoms with E-state index in [1.165, 1.54) is 0 Å². The van der Waals surface area contributed by atoms with E-state index in [0.29, 0.717) is 48.3 Å². The standard InChI is InChI=1S/C22H27F3N6OS/c1-4-32-9-5-8-30-20(27-28-21(30)33)17-12-19-26-16(15-7-6-13(2)14(3)10-15)11-18(22(23,24)25)31(19)29-17/h6-7,10,12,16,18,26H,4-5,8-9,11H2,1-3H3,(H,28,33). The van der Waals surface area contributed by atoms with Crippen LogP contribution in [0.25, 0.3) is 11.5 Å². The fourth-order valence-electron chi connectivity index (χ4n) is 4.07. The third-order valence-corrected chi connectivity index (χ3v) is 6.30. The molecule has 3 aromatic rings. The molecule has 0 bridgehead atoms. The molecule has 2 aromatic heterocycles. The van der Waals surface area contributed by atoms with E-state index in [0.717, 1.165) is 21.4 Å². The van der Waals surface area contributed by atoms with Crippen molar-refractivity contribution in [3.63, 3.8) is 0 Å². The predicted molar refractivity (Wildman–Crippen MR) is 122 cm³/mol. The molecular weight excluding hydrogens is 453 g/mol. The molecule has 2 unspecified atom stereocenters. The fraction of sp³-hybridized carbons (Fsp3) is 0.500. The highest BCUT2D eigenvalue weighted by atomic mass is 32.1. The third kappa shape index (κ3) is 4.84. The fourth-order valence-corrected chi connectivity index (χ4v) is 4.30. The second-order valence-electron chi connectivity index (χ2n) is 8.25. The zero-order valence-electron chi connectivity index (χ0n) is 18.7. The Hall–Kier alpha value is -2.66. The van der Waals surface area contributed by atoms with Crippen molar-refractivity contribution in [3.8, 4) is 11.5 Å². The number of H-pyrrole nitrogens is 1. The first-order chi connectivity index (χ1) is 15.7. The van der Waals surface area contributed by atoms with Crippen molar-refractivity contribution in [1.82, 2.24) is 24.5 Å². The number of nitrogens with zero attached hydrogens (tertiary/aromatic N) is 4. The van der Waals surface area contributed by atoms with Gasteiger partial charge < -0.3 is 10.1 Å². The molecule has 178 valence electrons. The molecular formula is C22H27F3N6OS. The van der Waals surface area contributed by atoms with Gasteiger partial charge in [0.1, 0.15) is 11.5 Å². The van der Waals surface area contributed by atoms with Gasteiger partial charge >= 0.3 is 6.18 Å². The number of rotatable bonds is 7. The average molecular weight is 481 g/mol. The van der Waals surface area contributed by atoms with E-state index in [2.05, 4.69) is 20.6 Å². The number of aromatic amines is 1. The lowest BCUT2D eigenvalue weighted by Crippen LogP contribution is -2.35. The van der Waals surface area contributed by atoms with Crippen LogP contribution >= 0.6 is 12.2 Å². The van der Waals surface area contributed by atoms with E-state index >= 15 is 0 Å². The quantitative estimate of drug-likeness (QED) is 0.345.